The maximum Gasteiger partial charge on any atom is 0.339 e. The smallest absolute Gasteiger partial charge is 0.339 e. The van der Waals surface area contributed by atoms with Crippen LogP contribution < -0.4 is 0 Å². The van der Waals surface area contributed by atoms with Gasteiger partial charge in [-0.1, -0.05) is 22.9 Å². The SMILES string of the molecule is COC(=O)c1cncc(-n2cc(-c3ccc(Cl)c(F)c3)nn2)c1. The van der Waals surface area contributed by atoms with E-state index in [4.69, 9.17) is 11.6 Å². The van der Waals surface area contributed by atoms with Crippen LogP contribution in [0.15, 0.2) is 42.9 Å². The van der Waals surface area contributed by atoms with E-state index in [0.717, 1.165) is 0 Å². The van der Waals surface area contributed by atoms with Crippen molar-refractivity contribution in [1.82, 2.24) is 20.0 Å². The number of halogens is 2. The van der Waals surface area contributed by atoms with Crippen molar-refractivity contribution in [2.24, 2.45) is 0 Å². The van der Waals surface area contributed by atoms with Gasteiger partial charge in [-0.15, -0.1) is 5.10 Å². The van der Waals surface area contributed by atoms with E-state index in [1.165, 1.54) is 36.3 Å². The molecule has 2 aromatic heterocycles. The summed E-state index contributed by atoms with van der Waals surface area (Å²) in [5, 5.41) is 7.99. The van der Waals surface area contributed by atoms with Crippen molar-refractivity contribution in [3.63, 3.8) is 0 Å². The minimum Gasteiger partial charge on any atom is -0.465 e. The number of carbonyl (C=O) groups is 1. The molecule has 0 fully saturated rings. The van der Waals surface area contributed by atoms with E-state index < -0.39 is 11.8 Å². The minimum atomic E-state index is -0.534. The summed E-state index contributed by atoms with van der Waals surface area (Å²) in [5.74, 6) is -1.03. The van der Waals surface area contributed by atoms with Crippen molar-refractivity contribution < 1.29 is 13.9 Å². The number of esters is 1. The first-order valence-corrected chi connectivity index (χ1v) is 6.88. The molecule has 0 radical (unpaired) electrons. The van der Waals surface area contributed by atoms with E-state index >= 15 is 0 Å². The molecule has 0 saturated carbocycles. The van der Waals surface area contributed by atoms with E-state index in [9.17, 15) is 9.18 Å². The van der Waals surface area contributed by atoms with Gasteiger partial charge in [-0.05, 0) is 18.2 Å². The quantitative estimate of drug-likeness (QED) is 0.690. The standard InChI is InChI=1S/C15H10ClFN4O2/c1-23-15(22)10-4-11(7-18-6-10)21-8-14(19-20-21)9-2-3-12(16)13(17)5-9/h2-8H,1H3. The molecule has 8 heteroatoms. The van der Waals surface area contributed by atoms with Crippen LogP contribution in [0.3, 0.4) is 0 Å². The highest BCUT2D eigenvalue weighted by atomic mass is 35.5. The van der Waals surface area contributed by atoms with Crippen molar-refractivity contribution in [2.45, 2.75) is 0 Å². The van der Waals surface area contributed by atoms with E-state index in [1.54, 1.807) is 18.3 Å². The van der Waals surface area contributed by atoms with Gasteiger partial charge in [0.2, 0.25) is 0 Å². The van der Waals surface area contributed by atoms with Crippen molar-refractivity contribution in [3.05, 3.63) is 59.3 Å². The summed E-state index contributed by atoms with van der Waals surface area (Å²) in [6, 6.07) is 5.94. The first-order chi connectivity index (χ1) is 11.1. The molecular weight excluding hydrogens is 323 g/mol. The Labute approximate surface area is 135 Å². The van der Waals surface area contributed by atoms with E-state index in [-0.39, 0.29) is 5.02 Å². The van der Waals surface area contributed by atoms with Gasteiger partial charge in [-0.2, -0.15) is 0 Å². The van der Waals surface area contributed by atoms with Crippen LogP contribution in [0, 0.1) is 5.82 Å². The van der Waals surface area contributed by atoms with Crippen LogP contribution in [0.1, 0.15) is 10.4 Å². The summed E-state index contributed by atoms with van der Waals surface area (Å²) in [5.41, 5.74) is 1.82. The lowest BCUT2D eigenvalue weighted by Crippen LogP contribution is -2.04. The Kier molecular flexibility index (Phi) is 4.03. The number of carbonyl (C=O) groups excluding carboxylic acids is 1. The Morgan fingerprint density at radius 3 is 2.87 bits per heavy atom. The number of aromatic nitrogens is 4. The number of hydrogen-bond donors (Lipinski definition) is 0. The third kappa shape index (κ3) is 3.04. The Morgan fingerprint density at radius 1 is 1.30 bits per heavy atom. The van der Waals surface area contributed by atoms with Crippen LogP contribution in [0.25, 0.3) is 16.9 Å². The number of methoxy groups -OCH3 is 1. The molecule has 0 aliphatic rings. The molecule has 3 aromatic rings. The van der Waals surface area contributed by atoms with Crippen molar-refractivity contribution in [1.29, 1.82) is 0 Å². The zero-order chi connectivity index (χ0) is 16.4. The average molecular weight is 333 g/mol. The largest absolute Gasteiger partial charge is 0.465 e. The third-order valence-corrected chi connectivity index (χ3v) is 3.42. The highest BCUT2D eigenvalue weighted by Gasteiger charge is 2.11. The summed E-state index contributed by atoms with van der Waals surface area (Å²) in [4.78, 5) is 15.5. The molecule has 6 nitrogen and oxygen atoms in total. The van der Waals surface area contributed by atoms with E-state index in [0.29, 0.717) is 22.5 Å². The molecule has 2 heterocycles. The number of pyridine rings is 1. The van der Waals surface area contributed by atoms with Gasteiger partial charge in [0.05, 0.1) is 35.8 Å². The minimum absolute atomic E-state index is 0.0381. The molecule has 0 aliphatic heterocycles. The lowest BCUT2D eigenvalue weighted by Gasteiger charge is -2.02. The predicted octanol–water partition coefficient (Wildman–Crippen LogP) is 2.91. The zero-order valence-corrected chi connectivity index (χ0v) is 12.7. The Balaban J connectivity index is 1.95. The third-order valence-electron chi connectivity index (χ3n) is 3.12. The summed E-state index contributed by atoms with van der Waals surface area (Å²) < 4.78 is 19.6. The summed E-state index contributed by atoms with van der Waals surface area (Å²) in [6.07, 6.45) is 4.51. The number of nitrogens with zero attached hydrogens (tertiary/aromatic N) is 4. The molecule has 0 bridgehead atoms. The van der Waals surface area contributed by atoms with Gasteiger partial charge in [-0.25, -0.2) is 13.9 Å². The van der Waals surface area contributed by atoms with Gasteiger partial charge >= 0.3 is 5.97 Å². The monoisotopic (exact) mass is 332 g/mol. The van der Waals surface area contributed by atoms with Crippen molar-refractivity contribution in [3.8, 4) is 16.9 Å². The van der Waals surface area contributed by atoms with Gasteiger partial charge in [0.25, 0.3) is 0 Å². The fourth-order valence-electron chi connectivity index (χ4n) is 1.96. The molecule has 3 rings (SSSR count). The highest BCUT2D eigenvalue weighted by Crippen LogP contribution is 2.23. The van der Waals surface area contributed by atoms with Gasteiger partial charge < -0.3 is 4.74 Å². The summed E-state index contributed by atoms with van der Waals surface area (Å²) in [7, 11) is 1.29. The lowest BCUT2D eigenvalue weighted by molar-refractivity contribution is 0.0600. The van der Waals surface area contributed by atoms with Gasteiger partial charge in [0.15, 0.2) is 0 Å². The molecule has 1 aromatic carbocycles. The van der Waals surface area contributed by atoms with Crippen molar-refractivity contribution >= 4 is 17.6 Å². The normalized spacial score (nSPS) is 10.6. The number of hydrogen-bond acceptors (Lipinski definition) is 5. The van der Waals surface area contributed by atoms with Gasteiger partial charge in [0.1, 0.15) is 11.5 Å². The molecular formula is C15H10ClFN4O2. The van der Waals surface area contributed by atoms with Gasteiger partial charge in [0, 0.05) is 11.8 Å². The molecule has 0 N–H and O–H groups in total. The molecule has 0 unspecified atom stereocenters. The van der Waals surface area contributed by atoms with Crippen molar-refractivity contribution in [2.75, 3.05) is 7.11 Å². The predicted molar refractivity (Wildman–Crippen MR) is 80.9 cm³/mol. The topological polar surface area (TPSA) is 69.9 Å². The molecule has 0 amide bonds. The van der Waals surface area contributed by atoms with Gasteiger partial charge in [-0.3, -0.25) is 4.98 Å². The first kappa shape index (κ1) is 15.1. The number of rotatable bonds is 3. The maximum absolute atomic E-state index is 13.5. The second-order valence-corrected chi connectivity index (χ2v) is 5.01. The van der Waals surface area contributed by atoms with E-state index in [2.05, 4.69) is 20.0 Å². The van der Waals surface area contributed by atoms with Crippen LogP contribution in [0.2, 0.25) is 5.02 Å². The van der Waals surface area contributed by atoms with Crippen LogP contribution in [-0.4, -0.2) is 33.1 Å². The second-order valence-electron chi connectivity index (χ2n) is 4.60. The molecule has 0 spiro atoms. The molecule has 23 heavy (non-hydrogen) atoms. The van der Waals surface area contributed by atoms with Crippen LogP contribution in [-0.2, 0) is 4.74 Å². The Morgan fingerprint density at radius 2 is 2.13 bits per heavy atom. The van der Waals surface area contributed by atoms with E-state index in [1.807, 2.05) is 0 Å². The first-order valence-electron chi connectivity index (χ1n) is 6.50. The molecule has 0 saturated heterocycles. The van der Waals surface area contributed by atoms with Crippen LogP contribution in [0.5, 0.6) is 0 Å². The molecule has 116 valence electrons. The fraction of sp³-hybridized carbons (Fsp3) is 0.0667. The lowest BCUT2D eigenvalue weighted by atomic mass is 10.2. The second kappa shape index (κ2) is 6.13. The fourth-order valence-corrected chi connectivity index (χ4v) is 2.08. The average Bonchev–Trinajstić information content (AvgIpc) is 3.07. The van der Waals surface area contributed by atoms with Crippen LogP contribution >= 0.6 is 11.6 Å². The Hall–Kier alpha value is -2.80. The molecule has 0 atom stereocenters. The number of ether oxygens (including phenoxy) is 1. The molecule has 0 aliphatic carbocycles. The summed E-state index contributed by atoms with van der Waals surface area (Å²) >= 11 is 5.66. The Bertz CT molecular complexity index is 881. The summed E-state index contributed by atoms with van der Waals surface area (Å²) in [6.45, 7) is 0. The highest BCUT2D eigenvalue weighted by molar-refractivity contribution is 6.30. The number of benzene rings is 1. The zero-order valence-electron chi connectivity index (χ0n) is 11.9. The maximum atomic E-state index is 13.5. The van der Waals surface area contributed by atoms with Crippen LogP contribution in [0.4, 0.5) is 4.39 Å².